The Morgan fingerprint density at radius 3 is 2.45 bits per heavy atom. The summed E-state index contributed by atoms with van der Waals surface area (Å²) in [5.41, 5.74) is 0. The van der Waals surface area contributed by atoms with Gasteiger partial charge in [0.05, 0.1) is 25.5 Å². The Hall–Kier alpha value is -1.47. The summed E-state index contributed by atoms with van der Waals surface area (Å²) < 4.78 is 41.6. The van der Waals surface area contributed by atoms with Crippen LogP contribution in [0, 0.1) is 5.92 Å². The number of ether oxygens (including phenoxy) is 1. The maximum atomic E-state index is 12.2. The van der Waals surface area contributed by atoms with Crippen molar-refractivity contribution in [1.82, 2.24) is 10.2 Å². The molecule has 1 rings (SSSR count). The van der Waals surface area contributed by atoms with Gasteiger partial charge in [0.15, 0.2) is 5.96 Å². The van der Waals surface area contributed by atoms with Crippen LogP contribution in [0.2, 0.25) is 0 Å². The summed E-state index contributed by atoms with van der Waals surface area (Å²) in [5.74, 6) is 0.157. The van der Waals surface area contributed by atoms with Crippen molar-refractivity contribution in [3.63, 3.8) is 0 Å². The summed E-state index contributed by atoms with van der Waals surface area (Å²) in [6.45, 7) is 5.46. The molecule has 1 N–H and O–H groups in total. The molecule has 0 radical (unpaired) electrons. The van der Waals surface area contributed by atoms with Gasteiger partial charge in [0, 0.05) is 19.6 Å². The van der Waals surface area contributed by atoms with Crippen molar-refractivity contribution >= 4 is 11.9 Å². The Bertz CT molecular complexity index is 378. The fourth-order valence-electron chi connectivity index (χ4n) is 2.30. The van der Waals surface area contributed by atoms with Crippen LogP contribution in [0.25, 0.3) is 0 Å². The lowest BCUT2D eigenvalue weighted by Gasteiger charge is -2.33. The van der Waals surface area contributed by atoms with Crippen LogP contribution in [-0.4, -0.2) is 55.8 Å². The minimum Gasteiger partial charge on any atom is -0.466 e. The number of rotatable bonds is 5. The molecular formula is C14H24F3N3O2. The molecule has 0 aromatic rings. The maximum Gasteiger partial charge on any atom is 0.390 e. The molecule has 5 nitrogen and oxygen atoms in total. The van der Waals surface area contributed by atoms with E-state index < -0.39 is 12.6 Å². The van der Waals surface area contributed by atoms with E-state index in [9.17, 15) is 18.0 Å². The zero-order valence-electron chi connectivity index (χ0n) is 13.1. The molecule has 0 aromatic heterocycles. The standard InChI is InChI=1S/C14H24F3N3O2/c1-3-18-13(19-8-7-14(15,16)17)20-9-5-11(6-10-20)12(21)22-4-2/h11H,3-10H2,1-2H3,(H,18,19). The van der Waals surface area contributed by atoms with Gasteiger partial charge in [0.2, 0.25) is 0 Å². The molecule has 0 atom stereocenters. The lowest BCUT2D eigenvalue weighted by Crippen LogP contribution is -2.46. The van der Waals surface area contributed by atoms with Crippen LogP contribution in [0.4, 0.5) is 13.2 Å². The van der Waals surface area contributed by atoms with Crippen LogP contribution < -0.4 is 5.32 Å². The van der Waals surface area contributed by atoms with E-state index >= 15 is 0 Å². The number of nitrogens with one attached hydrogen (secondary N) is 1. The second-order valence-corrected chi connectivity index (χ2v) is 5.11. The molecule has 1 aliphatic heterocycles. The van der Waals surface area contributed by atoms with Gasteiger partial charge in [0.25, 0.3) is 0 Å². The van der Waals surface area contributed by atoms with E-state index in [0.717, 1.165) is 0 Å². The van der Waals surface area contributed by atoms with Crippen molar-refractivity contribution in [1.29, 1.82) is 0 Å². The molecule has 0 bridgehead atoms. The molecule has 0 aromatic carbocycles. The van der Waals surface area contributed by atoms with Crippen molar-refractivity contribution < 1.29 is 22.7 Å². The highest BCUT2D eigenvalue weighted by atomic mass is 19.4. The maximum absolute atomic E-state index is 12.2. The first-order valence-corrected chi connectivity index (χ1v) is 7.64. The van der Waals surface area contributed by atoms with E-state index in [4.69, 9.17) is 4.74 Å². The van der Waals surface area contributed by atoms with Crippen LogP contribution in [0.1, 0.15) is 33.1 Å². The van der Waals surface area contributed by atoms with E-state index in [1.807, 2.05) is 11.8 Å². The molecule has 1 aliphatic rings. The highest BCUT2D eigenvalue weighted by Crippen LogP contribution is 2.20. The van der Waals surface area contributed by atoms with Gasteiger partial charge < -0.3 is 15.0 Å². The fourth-order valence-corrected chi connectivity index (χ4v) is 2.30. The molecule has 1 fully saturated rings. The number of carbonyl (C=O) groups is 1. The number of nitrogens with zero attached hydrogens (tertiary/aromatic N) is 2. The molecule has 8 heteroatoms. The van der Waals surface area contributed by atoms with Gasteiger partial charge in [-0.25, -0.2) is 0 Å². The predicted octanol–water partition coefficient (Wildman–Crippen LogP) is 2.18. The number of esters is 1. The van der Waals surface area contributed by atoms with Gasteiger partial charge in [-0.3, -0.25) is 9.79 Å². The van der Waals surface area contributed by atoms with Crippen molar-refractivity contribution in [3.05, 3.63) is 0 Å². The summed E-state index contributed by atoms with van der Waals surface area (Å²) in [6, 6.07) is 0. The molecule has 1 heterocycles. The highest BCUT2D eigenvalue weighted by Gasteiger charge is 2.28. The average Bonchev–Trinajstić information content (AvgIpc) is 2.45. The van der Waals surface area contributed by atoms with Gasteiger partial charge in [-0.2, -0.15) is 13.2 Å². The van der Waals surface area contributed by atoms with Gasteiger partial charge >= 0.3 is 12.1 Å². The Labute approximate surface area is 128 Å². The number of hydrogen-bond donors (Lipinski definition) is 1. The number of carbonyl (C=O) groups excluding carboxylic acids is 1. The Kier molecular flexibility index (Phi) is 7.47. The van der Waals surface area contributed by atoms with Gasteiger partial charge in [-0.05, 0) is 26.7 Å². The second-order valence-electron chi connectivity index (χ2n) is 5.11. The molecule has 0 aliphatic carbocycles. The third-order valence-corrected chi connectivity index (χ3v) is 3.41. The summed E-state index contributed by atoms with van der Waals surface area (Å²) in [4.78, 5) is 17.6. The Balaban J connectivity index is 2.52. The lowest BCUT2D eigenvalue weighted by atomic mass is 9.97. The molecule has 22 heavy (non-hydrogen) atoms. The van der Waals surface area contributed by atoms with Gasteiger partial charge in [-0.15, -0.1) is 0 Å². The molecule has 1 saturated heterocycles. The van der Waals surface area contributed by atoms with Crippen LogP contribution in [0.3, 0.4) is 0 Å². The number of aliphatic imine (C=N–C) groups is 1. The lowest BCUT2D eigenvalue weighted by molar-refractivity contribution is -0.149. The first kappa shape index (κ1) is 18.6. The molecule has 0 saturated carbocycles. The van der Waals surface area contributed by atoms with E-state index in [1.165, 1.54) is 0 Å². The number of halogens is 3. The number of hydrogen-bond acceptors (Lipinski definition) is 3. The largest absolute Gasteiger partial charge is 0.466 e. The average molecular weight is 323 g/mol. The Morgan fingerprint density at radius 1 is 1.32 bits per heavy atom. The highest BCUT2D eigenvalue weighted by molar-refractivity contribution is 5.80. The summed E-state index contributed by atoms with van der Waals surface area (Å²) >= 11 is 0. The molecule has 0 spiro atoms. The first-order chi connectivity index (χ1) is 10.4. The van der Waals surface area contributed by atoms with Crippen molar-refractivity contribution in [2.24, 2.45) is 10.9 Å². The zero-order chi connectivity index (χ0) is 16.6. The predicted molar refractivity (Wildman–Crippen MR) is 77.6 cm³/mol. The van der Waals surface area contributed by atoms with Gasteiger partial charge in [-0.1, -0.05) is 0 Å². The van der Waals surface area contributed by atoms with Crippen molar-refractivity contribution in [3.8, 4) is 0 Å². The molecular weight excluding hydrogens is 299 g/mol. The minimum absolute atomic E-state index is 0.130. The van der Waals surface area contributed by atoms with Crippen molar-refractivity contribution in [2.45, 2.75) is 39.3 Å². The van der Waals surface area contributed by atoms with E-state index in [0.29, 0.717) is 45.0 Å². The monoisotopic (exact) mass is 323 g/mol. The van der Waals surface area contributed by atoms with E-state index in [2.05, 4.69) is 10.3 Å². The molecule has 0 unspecified atom stereocenters. The van der Waals surface area contributed by atoms with Crippen LogP contribution >= 0.6 is 0 Å². The third kappa shape index (κ3) is 6.53. The quantitative estimate of drug-likeness (QED) is 0.479. The van der Waals surface area contributed by atoms with Crippen LogP contribution in [0.5, 0.6) is 0 Å². The topological polar surface area (TPSA) is 53.9 Å². The SMILES string of the molecule is CCNC(=NCCC(F)(F)F)N1CCC(C(=O)OCC)CC1. The fraction of sp³-hybridized carbons (Fsp3) is 0.857. The number of guanidine groups is 1. The van der Waals surface area contributed by atoms with Gasteiger partial charge in [0.1, 0.15) is 0 Å². The summed E-state index contributed by atoms with van der Waals surface area (Å²) in [7, 11) is 0. The number of alkyl halides is 3. The van der Waals surface area contributed by atoms with Crippen molar-refractivity contribution in [2.75, 3.05) is 32.8 Å². The first-order valence-electron chi connectivity index (χ1n) is 7.64. The third-order valence-electron chi connectivity index (χ3n) is 3.41. The summed E-state index contributed by atoms with van der Waals surface area (Å²) in [6.07, 6.45) is -3.87. The number of likely N-dealkylation sites (tertiary alicyclic amines) is 1. The van der Waals surface area contributed by atoms with E-state index in [-0.39, 0.29) is 18.4 Å². The second kappa shape index (κ2) is 8.85. The smallest absolute Gasteiger partial charge is 0.390 e. The number of piperidine rings is 1. The molecule has 0 amide bonds. The van der Waals surface area contributed by atoms with Crippen LogP contribution in [-0.2, 0) is 9.53 Å². The van der Waals surface area contributed by atoms with Crippen LogP contribution in [0.15, 0.2) is 4.99 Å². The molecule has 128 valence electrons. The normalized spacial score (nSPS) is 17.5. The Morgan fingerprint density at radius 2 is 1.95 bits per heavy atom. The minimum atomic E-state index is -4.20. The van der Waals surface area contributed by atoms with E-state index in [1.54, 1.807) is 6.92 Å². The zero-order valence-corrected chi connectivity index (χ0v) is 13.1. The summed E-state index contributed by atoms with van der Waals surface area (Å²) in [5, 5.41) is 3.00.